The number of rotatable bonds is 3. The summed E-state index contributed by atoms with van der Waals surface area (Å²) >= 11 is 0. The van der Waals surface area contributed by atoms with E-state index < -0.39 is 11.6 Å². The molecule has 0 radical (unpaired) electrons. The molecule has 0 N–H and O–H groups in total. The van der Waals surface area contributed by atoms with Gasteiger partial charge in [-0.1, -0.05) is 30.3 Å². The number of nitriles is 2. The van der Waals surface area contributed by atoms with Crippen LogP contribution in [0.5, 0.6) is 0 Å². The fourth-order valence-corrected chi connectivity index (χ4v) is 3.02. The molecule has 1 heterocycles. The summed E-state index contributed by atoms with van der Waals surface area (Å²) in [6.07, 6.45) is 0. The molecule has 4 nitrogen and oxygen atoms in total. The number of hydrogen-bond acceptors (Lipinski definition) is 4. The van der Waals surface area contributed by atoms with Crippen LogP contribution >= 0.6 is 0 Å². The first-order valence-corrected chi connectivity index (χ1v) is 8.93. The van der Waals surface area contributed by atoms with Crippen molar-refractivity contribution in [3.63, 3.8) is 0 Å². The van der Waals surface area contributed by atoms with Crippen LogP contribution in [0.3, 0.4) is 0 Å². The normalized spacial score (nSPS) is 10.3. The van der Waals surface area contributed by atoms with Crippen molar-refractivity contribution in [1.82, 2.24) is 9.97 Å². The predicted octanol–water partition coefficient (Wildman–Crippen LogP) is 5.50. The lowest BCUT2D eigenvalue weighted by atomic mass is 10.0. The third-order valence-electron chi connectivity index (χ3n) is 4.51. The summed E-state index contributed by atoms with van der Waals surface area (Å²) in [5.41, 5.74) is 1.91. The zero-order chi connectivity index (χ0) is 21.1. The molecule has 0 fully saturated rings. The predicted molar refractivity (Wildman–Crippen MR) is 108 cm³/mol. The number of nitrogens with zero attached hydrogens (tertiary/aromatic N) is 4. The van der Waals surface area contributed by atoms with Crippen molar-refractivity contribution in [3.05, 3.63) is 95.6 Å². The third-order valence-corrected chi connectivity index (χ3v) is 4.51. The highest BCUT2D eigenvalue weighted by atomic mass is 19.1. The summed E-state index contributed by atoms with van der Waals surface area (Å²) in [6.45, 7) is 0. The molecule has 3 aromatic carbocycles. The van der Waals surface area contributed by atoms with Crippen molar-refractivity contribution in [2.24, 2.45) is 0 Å². The lowest BCUT2D eigenvalue weighted by molar-refractivity contribution is 0.629. The first kappa shape index (κ1) is 18.9. The van der Waals surface area contributed by atoms with Gasteiger partial charge in [0.25, 0.3) is 0 Å². The highest BCUT2D eigenvalue weighted by Crippen LogP contribution is 2.30. The van der Waals surface area contributed by atoms with Crippen LogP contribution in [0.4, 0.5) is 8.78 Å². The second-order valence-corrected chi connectivity index (χ2v) is 6.44. The van der Waals surface area contributed by atoms with Crippen molar-refractivity contribution in [1.29, 1.82) is 10.5 Å². The van der Waals surface area contributed by atoms with E-state index in [0.717, 1.165) is 12.1 Å². The highest BCUT2D eigenvalue weighted by molar-refractivity contribution is 5.72. The minimum absolute atomic E-state index is 0.170. The molecular weight excluding hydrogens is 382 g/mol. The average molecular weight is 394 g/mol. The van der Waals surface area contributed by atoms with Crippen molar-refractivity contribution >= 4 is 0 Å². The van der Waals surface area contributed by atoms with E-state index in [1.54, 1.807) is 12.1 Å². The van der Waals surface area contributed by atoms with Gasteiger partial charge >= 0.3 is 0 Å². The third kappa shape index (κ3) is 3.63. The first-order valence-electron chi connectivity index (χ1n) is 8.93. The Bertz CT molecular complexity index is 1250. The molecule has 0 bridgehead atoms. The maximum atomic E-state index is 14.6. The SMILES string of the molecule is N#Cc1ccc(-c2cc(-c3ccc(C#N)cc3F)nc(-c3ccccc3)n2)c(F)c1. The molecule has 4 rings (SSSR count). The Labute approximate surface area is 171 Å². The molecule has 0 saturated heterocycles. The van der Waals surface area contributed by atoms with Crippen LogP contribution in [0.2, 0.25) is 0 Å². The van der Waals surface area contributed by atoms with Gasteiger partial charge in [0.05, 0.1) is 34.7 Å². The minimum atomic E-state index is -0.613. The fraction of sp³-hybridized carbons (Fsp3) is 0. The zero-order valence-corrected chi connectivity index (χ0v) is 15.5. The maximum Gasteiger partial charge on any atom is 0.160 e. The first-order chi connectivity index (χ1) is 14.6. The smallest absolute Gasteiger partial charge is 0.160 e. The van der Waals surface area contributed by atoms with Gasteiger partial charge < -0.3 is 0 Å². The molecule has 0 aliphatic heterocycles. The molecule has 142 valence electrons. The van der Waals surface area contributed by atoms with Crippen LogP contribution in [-0.2, 0) is 0 Å². The largest absolute Gasteiger partial charge is 0.228 e. The molecule has 1 aromatic heterocycles. The van der Waals surface area contributed by atoms with E-state index in [2.05, 4.69) is 9.97 Å². The van der Waals surface area contributed by atoms with E-state index in [1.165, 1.54) is 30.3 Å². The van der Waals surface area contributed by atoms with Crippen LogP contribution in [0.15, 0.2) is 72.8 Å². The van der Waals surface area contributed by atoms with Gasteiger partial charge in [0.1, 0.15) is 11.6 Å². The molecule has 0 amide bonds. The topological polar surface area (TPSA) is 73.4 Å². The monoisotopic (exact) mass is 394 g/mol. The van der Waals surface area contributed by atoms with E-state index in [-0.39, 0.29) is 33.6 Å². The maximum absolute atomic E-state index is 14.6. The molecule has 0 aliphatic carbocycles. The second kappa shape index (κ2) is 7.90. The quantitative estimate of drug-likeness (QED) is 0.460. The minimum Gasteiger partial charge on any atom is -0.228 e. The number of benzene rings is 3. The lowest BCUT2D eigenvalue weighted by Gasteiger charge is -2.10. The number of hydrogen-bond donors (Lipinski definition) is 0. The molecule has 0 spiro atoms. The van der Waals surface area contributed by atoms with Gasteiger partial charge in [-0.15, -0.1) is 0 Å². The molecule has 0 aliphatic rings. The Morgan fingerprint density at radius 2 is 1.13 bits per heavy atom. The van der Waals surface area contributed by atoms with Crippen LogP contribution in [-0.4, -0.2) is 9.97 Å². The summed E-state index contributed by atoms with van der Waals surface area (Å²) in [7, 11) is 0. The van der Waals surface area contributed by atoms with E-state index in [4.69, 9.17) is 10.5 Å². The molecule has 4 aromatic rings. The molecule has 0 unspecified atom stereocenters. The average Bonchev–Trinajstić information content (AvgIpc) is 2.79. The van der Waals surface area contributed by atoms with E-state index in [1.807, 2.05) is 30.3 Å². The highest BCUT2D eigenvalue weighted by Gasteiger charge is 2.16. The Hall–Kier alpha value is -4.42. The molecule has 30 heavy (non-hydrogen) atoms. The lowest BCUT2D eigenvalue weighted by Crippen LogP contribution is -1.98. The van der Waals surface area contributed by atoms with Gasteiger partial charge in [-0.05, 0) is 42.5 Å². The zero-order valence-electron chi connectivity index (χ0n) is 15.5. The van der Waals surface area contributed by atoms with Gasteiger partial charge in [0.2, 0.25) is 0 Å². The summed E-state index contributed by atoms with van der Waals surface area (Å²) in [5, 5.41) is 18.0. The van der Waals surface area contributed by atoms with Crippen LogP contribution < -0.4 is 0 Å². The Balaban J connectivity index is 1.95. The summed E-state index contributed by atoms with van der Waals surface area (Å²) < 4.78 is 29.3. The van der Waals surface area contributed by atoms with Crippen molar-refractivity contribution in [2.45, 2.75) is 0 Å². The second-order valence-electron chi connectivity index (χ2n) is 6.44. The molecular formula is C24H12F2N4. The molecule has 0 saturated carbocycles. The molecule has 0 atom stereocenters. The molecule has 6 heteroatoms. The summed E-state index contributed by atoms with van der Waals surface area (Å²) in [5.74, 6) is -0.924. The van der Waals surface area contributed by atoms with Crippen molar-refractivity contribution in [3.8, 4) is 46.0 Å². The van der Waals surface area contributed by atoms with Gasteiger partial charge in [-0.3, -0.25) is 0 Å². The van der Waals surface area contributed by atoms with Gasteiger partial charge in [0, 0.05) is 16.7 Å². The van der Waals surface area contributed by atoms with Crippen molar-refractivity contribution in [2.75, 3.05) is 0 Å². The van der Waals surface area contributed by atoms with Gasteiger partial charge in [-0.25, -0.2) is 18.7 Å². The standard InChI is InChI=1S/C24H12F2N4/c25-20-10-15(13-27)6-8-18(20)22-12-23(19-9-7-16(14-28)11-21(19)26)30-24(29-22)17-4-2-1-3-5-17/h1-12H. The van der Waals surface area contributed by atoms with Gasteiger partial charge in [-0.2, -0.15) is 10.5 Å². The fourth-order valence-electron chi connectivity index (χ4n) is 3.02. The van der Waals surface area contributed by atoms with E-state index in [0.29, 0.717) is 11.4 Å². The van der Waals surface area contributed by atoms with Crippen LogP contribution in [0, 0.1) is 34.3 Å². The van der Waals surface area contributed by atoms with E-state index in [9.17, 15) is 8.78 Å². The van der Waals surface area contributed by atoms with E-state index >= 15 is 0 Å². The Morgan fingerprint density at radius 1 is 0.633 bits per heavy atom. The summed E-state index contributed by atoms with van der Waals surface area (Å²) in [4.78, 5) is 8.94. The van der Waals surface area contributed by atoms with Crippen molar-refractivity contribution < 1.29 is 8.78 Å². The summed E-state index contributed by atoms with van der Waals surface area (Å²) in [6, 6.07) is 22.5. The Morgan fingerprint density at radius 3 is 1.57 bits per heavy atom. The van der Waals surface area contributed by atoms with Gasteiger partial charge in [0.15, 0.2) is 5.82 Å². The van der Waals surface area contributed by atoms with Crippen LogP contribution in [0.1, 0.15) is 11.1 Å². The number of aromatic nitrogens is 2. The number of halogens is 2. The Kier molecular flexibility index (Phi) is 4.99. The van der Waals surface area contributed by atoms with Crippen LogP contribution in [0.25, 0.3) is 33.9 Å².